The van der Waals surface area contributed by atoms with E-state index in [0.29, 0.717) is 11.6 Å². The van der Waals surface area contributed by atoms with E-state index in [4.69, 9.17) is 9.47 Å². The summed E-state index contributed by atoms with van der Waals surface area (Å²) in [5.74, 6) is 1.60. The SMILES string of the molecule is COc1ccc(CCN(C)C2CCN(C(=O)c3ccc(-n4cncn4)cc3)CC2)cc1OC.Cl. The lowest BCUT2D eigenvalue weighted by Crippen LogP contribution is -2.46. The van der Waals surface area contributed by atoms with Crippen molar-refractivity contribution in [1.82, 2.24) is 24.6 Å². The van der Waals surface area contributed by atoms with Gasteiger partial charge < -0.3 is 19.3 Å². The molecule has 2 aromatic carbocycles. The number of carbonyl (C=O) groups excluding carboxylic acids is 1. The first-order valence-electron chi connectivity index (χ1n) is 11.2. The van der Waals surface area contributed by atoms with Gasteiger partial charge in [0.2, 0.25) is 0 Å². The van der Waals surface area contributed by atoms with Gasteiger partial charge in [-0.15, -0.1) is 12.4 Å². The van der Waals surface area contributed by atoms with Crippen LogP contribution in [0.1, 0.15) is 28.8 Å². The molecule has 1 aromatic heterocycles. The van der Waals surface area contributed by atoms with Crippen LogP contribution in [-0.2, 0) is 6.42 Å². The van der Waals surface area contributed by atoms with Crippen molar-refractivity contribution in [3.05, 3.63) is 66.2 Å². The van der Waals surface area contributed by atoms with Crippen LogP contribution in [-0.4, -0.2) is 77.4 Å². The molecule has 0 radical (unpaired) electrons. The van der Waals surface area contributed by atoms with E-state index >= 15 is 0 Å². The van der Waals surface area contributed by atoms with Crippen LogP contribution >= 0.6 is 12.4 Å². The fraction of sp³-hybridized carbons (Fsp3) is 0.400. The quantitative estimate of drug-likeness (QED) is 0.486. The second kappa shape index (κ2) is 11.9. The Labute approximate surface area is 206 Å². The maximum Gasteiger partial charge on any atom is 0.253 e. The van der Waals surface area contributed by atoms with Crippen LogP contribution in [0.5, 0.6) is 11.5 Å². The molecule has 2 heterocycles. The summed E-state index contributed by atoms with van der Waals surface area (Å²) >= 11 is 0. The van der Waals surface area contributed by atoms with Crippen LogP contribution in [0, 0.1) is 0 Å². The molecular weight excluding hydrogens is 454 g/mol. The van der Waals surface area contributed by atoms with E-state index in [9.17, 15) is 4.79 Å². The minimum absolute atomic E-state index is 0. The lowest BCUT2D eigenvalue weighted by Gasteiger charge is -2.37. The van der Waals surface area contributed by atoms with Crippen molar-refractivity contribution in [2.45, 2.75) is 25.3 Å². The van der Waals surface area contributed by atoms with Gasteiger partial charge in [0.05, 0.1) is 19.9 Å². The number of aromatic nitrogens is 3. The lowest BCUT2D eigenvalue weighted by atomic mass is 10.0. The van der Waals surface area contributed by atoms with Crippen molar-refractivity contribution in [1.29, 1.82) is 0 Å². The zero-order valence-electron chi connectivity index (χ0n) is 19.9. The van der Waals surface area contributed by atoms with E-state index in [1.54, 1.807) is 25.2 Å². The molecular formula is C25H32ClN5O3. The molecule has 0 aliphatic carbocycles. The fourth-order valence-electron chi connectivity index (χ4n) is 4.31. The van der Waals surface area contributed by atoms with Gasteiger partial charge in [-0.3, -0.25) is 4.79 Å². The van der Waals surface area contributed by atoms with Gasteiger partial charge in [-0.05, 0) is 68.3 Å². The van der Waals surface area contributed by atoms with Crippen molar-refractivity contribution < 1.29 is 14.3 Å². The van der Waals surface area contributed by atoms with Gasteiger partial charge in [-0.1, -0.05) is 6.07 Å². The zero-order chi connectivity index (χ0) is 23.2. The average Bonchev–Trinajstić information content (AvgIpc) is 3.42. The second-order valence-electron chi connectivity index (χ2n) is 8.33. The molecule has 1 amide bonds. The summed E-state index contributed by atoms with van der Waals surface area (Å²) in [5.41, 5.74) is 2.82. The Bertz CT molecular complexity index is 1050. The summed E-state index contributed by atoms with van der Waals surface area (Å²) in [7, 11) is 5.48. The van der Waals surface area contributed by atoms with E-state index in [1.807, 2.05) is 41.3 Å². The first-order valence-corrected chi connectivity index (χ1v) is 11.2. The first-order chi connectivity index (χ1) is 16.1. The Morgan fingerprint density at radius 1 is 1.06 bits per heavy atom. The van der Waals surface area contributed by atoms with Crippen LogP contribution in [0.15, 0.2) is 55.1 Å². The summed E-state index contributed by atoms with van der Waals surface area (Å²) < 4.78 is 12.4. The van der Waals surface area contributed by atoms with Gasteiger partial charge in [-0.2, -0.15) is 5.10 Å². The van der Waals surface area contributed by atoms with Gasteiger partial charge in [0, 0.05) is 31.2 Å². The number of methoxy groups -OCH3 is 2. The van der Waals surface area contributed by atoms with E-state index in [0.717, 1.165) is 56.1 Å². The summed E-state index contributed by atoms with van der Waals surface area (Å²) in [4.78, 5) is 21.3. The Morgan fingerprint density at radius 3 is 2.38 bits per heavy atom. The molecule has 0 N–H and O–H groups in total. The molecule has 34 heavy (non-hydrogen) atoms. The molecule has 1 aliphatic heterocycles. The minimum atomic E-state index is 0. The summed E-state index contributed by atoms with van der Waals surface area (Å²) in [5, 5.41) is 4.12. The predicted octanol–water partition coefficient (Wildman–Crippen LogP) is 3.49. The van der Waals surface area contributed by atoms with E-state index in [1.165, 1.54) is 11.9 Å². The smallest absolute Gasteiger partial charge is 0.253 e. The van der Waals surface area contributed by atoms with Gasteiger partial charge in [0.1, 0.15) is 12.7 Å². The second-order valence-corrected chi connectivity index (χ2v) is 8.33. The number of benzene rings is 2. The number of carbonyl (C=O) groups is 1. The van der Waals surface area contributed by atoms with Crippen molar-refractivity contribution in [2.75, 3.05) is 40.9 Å². The molecule has 0 atom stereocenters. The molecule has 4 rings (SSSR count). The lowest BCUT2D eigenvalue weighted by molar-refractivity contribution is 0.0647. The average molecular weight is 486 g/mol. The van der Waals surface area contributed by atoms with E-state index in [-0.39, 0.29) is 18.3 Å². The summed E-state index contributed by atoms with van der Waals surface area (Å²) in [6, 6.07) is 14.1. The van der Waals surface area contributed by atoms with Gasteiger partial charge in [0.25, 0.3) is 5.91 Å². The minimum Gasteiger partial charge on any atom is -0.493 e. The Kier molecular flexibility index (Phi) is 8.90. The number of halogens is 1. The van der Waals surface area contributed by atoms with E-state index < -0.39 is 0 Å². The number of hydrogen-bond acceptors (Lipinski definition) is 6. The van der Waals surface area contributed by atoms with Crippen LogP contribution in [0.4, 0.5) is 0 Å². The highest BCUT2D eigenvalue weighted by Crippen LogP contribution is 2.28. The van der Waals surface area contributed by atoms with Gasteiger partial charge in [-0.25, -0.2) is 9.67 Å². The van der Waals surface area contributed by atoms with Crippen molar-refractivity contribution in [3.8, 4) is 17.2 Å². The zero-order valence-corrected chi connectivity index (χ0v) is 20.7. The number of likely N-dealkylation sites (tertiary alicyclic amines) is 1. The van der Waals surface area contributed by atoms with Crippen molar-refractivity contribution >= 4 is 18.3 Å². The standard InChI is InChI=1S/C25H31N5O3.ClH/c1-28(13-10-19-4-9-23(32-2)24(16-19)33-3)21-11-14-29(15-12-21)25(31)20-5-7-22(8-6-20)30-18-26-17-27-30;/h4-9,16-18,21H,10-15H2,1-3H3;1H. The number of ether oxygens (including phenoxy) is 2. The normalized spacial score (nSPS) is 14.1. The highest BCUT2D eigenvalue weighted by atomic mass is 35.5. The third-order valence-corrected chi connectivity index (χ3v) is 6.37. The summed E-state index contributed by atoms with van der Waals surface area (Å²) in [6.45, 7) is 2.50. The molecule has 1 fully saturated rings. The molecule has 0 unspecified atom stereocenters. The van der Waals surface area contributed by atoms with Gasteiger partial charge in [0.15, 0.2) is 11.5 Å². The maximum atomic E-state index is 13.0. The molecule has 9 heteroatoms. The number of nitrogens with zero attached hydrogens (tertiary/aromatic N) is 5. The molecule has 1 saturated heterocycles. The fourth-order valence-corrected chi connectivity index (χ4v) is 4.31. The van der Waals surface area contributed by atoms with Crippen molar-refractivity contribution in [2.24, 2.45) is 0 Å². The van der Waals surface area contributed by atoms with Crippen LogP contribution in [0.25, 0.3) is 5.69 Å². The molecule has 3 aromatic rings. The Balaban J connectivity index is 0.00000324. The van der Waals surface area contributed by atoms with Crippen LogP contribution in [0.2, 0.25) is 0 Å². The van der Waals surface area contributed by atoms with E-state index in [2.05, 4.69) is 28.1 Å². The molecule has 0 saturated carbocycles. The molecule has 182 valence electrons. The predicted molar refractivity (Wildman–Crippen MR) is 133 cm³/mol. The number of piperidine rings is 1. The third kappa shape index (κ3) is 5.87. The Hall–Kier alpha value is -3.10. The topological polar surface area (TPSA) is 72.7 Å². The van der Waals surface area contributed by atoms with Gasteiger partial charge >= 0.3 is 0 Å². The first kappa shape index (κ1) is 25.5. The molecule has 8 nitrogen and oxygen atoms in total. The van der Waals surface area contributed by atoms with Crippen LogP contribution in [0.3, 0.4) is 0 Å². The number of amides is 1. The largest absolute Gasteiger partial charge is 0.493 e. The molecule has 0 spiro atoms. The maximum absolute atomic E-state index is 13.0. The number of hydrogen-bond donors (Lipinski definition) is 0. The van der Waals surface area contributed by atoms with Crippen LogP contribution < -0.4 is 9.47 Å². The summed E-state index contributed by atoms with van der Waals surface area (Å²) in [6.07, 6.45) is 6.03. The van der Waals surface area contributed by atoms with Crippen molar-refractivity contribution in [3.63, 3.8) is 0 Å². The number of rotatable bonds is 8. The molecule has 1 aliphatic rings. The number of likely N-dealkylation sites (N-methyl/N-ethyl adjacent to an activating group) is 1. The highest BCUT2D eigenvalue weighted by Gasteiger charge is 2.26. The molecule has 0 bridgehead atoms. The highest BCUT2D eigenvalue weighted by molar-refractivity contribution is 5.94. The third-order valence-electron chi connectivity index (χ3n) is 6.37. The monoisotopic (exact) mass is 485 g/mol. The Morgan fingerprint density at radius 2 is 1.76 bits per heavy atom.